The summed E-state index contributed by atoms with van der Waals surface area (Å²) in [6.07, 6.45) is 3.09. The van der Waals surface area contributed by atoms with Crippen molar-refractivity contribution in [3.05, 3.63) is 23.3 Å². The highest BCUT2D eigenvalue weighted by molar-refractivity contribution is 5.97. The van der Waals surface area contributed by atoms with Crippen LogP contribution in [0, 0.1) is 12.3 Å². The molecule has 0 aliphatic heterocycles. The molecule has 1 aromatic rings. The van der Waals surface area contributed by atoms with Crippen molar-refractivity contribution in [2.24, 2.45) is 5.41 Å². The van der Waals surface area contributed by atoms with Crippen LogP contribution in [0.3, 0.4) is 0 Å². The highest BCUT2D eigenvalue weighted by Gasteiger charge is 2.41. The fourth-order valence-corrected chi connectivity index (χ4v) is 2.40. The van der Waals surface area contributed by atoms with Gasteiger partial charge in [-0.1, -0.05) is 0 Å². The van der Waals surface area contributed by atoms with E-state index in [4.69, 9.17) is 15.6 Å². The summed E-state index contributed by atoms with van der Waals surface area (Å²) in [6.45, 7) is 2.89. The van der Waals surface area contributed by atoms with E-state index in [9.17, 15) is 4.79 Å². The number of nitrogen functional groups attached to an aromatic ring is 1. The number of carbonyl (C=O) groups is 1. The maximum Gasteiger partial charge on any atom is 0.340 e. The summed E-state index contributed by atoms with van der Waals surface area (Å²) in [6, 6.07) is 3.65. The first kappa shape index (κ1) is 14.7. The first-order chi connectivity index (χ1) is 9.51. The number of aliphatic hydroxyl groups excluding tert-OH is 1. The molecule has 1 aliphatic carbocycles. The van der Waals surface area contributed by atoms with Crippen molar-refractivity contribution in [1.29, 1.82) is 0 Å². The lowest BCUT2D eigenvalue weighted by Gasteiger charge is -2.17. The van der Waals surface area contributed by atoms with Crippen molar-refractivity contribution in [2.75, 3.05) is 31.3 Å². The van der Waals surface area contributed by atoms with E-state index in [1.54, 1.807) is 6.07 Å². The summed E-state index contributed by atoms with van der Waals surface area (Å²) in [4.78, 5) is 11.7. The Labute approximate surface area is 119 Å². The van der Waals surface area contributed by atoms with Crippen LogP contribution in [0.5, 0.6) is 0 Å². The molecule has 0 aromatic heterocycles. The molecule has 5 nitrogen and oxygen atoms in total. The second-order valence-corrected chi connectivity index (χ2v) is 5.57. The van der Waals surface area contributed by atoms with Gasteiger partial charge >= 0.3 is 5.97 Å². The molecule has 0 heterocycles. The lowest BCUT2D eigenvalue weighted by atomic mass is 10.0. The van der Waals surface area contributed by atoms with Crippen molar-refractivity contribution < 1.29 is 14.6 Å². The first-order valence-corrected chi connectivity index (χ1v) is 6.84. The zero-order valence-corrected chi connectivity index (χ0v) is 12.0. The summed E-state index contributed by atoms with van der Waals surface area (Å²) < 4.78 is 4.74. The third kappa shape index (κ3) is 3.04. The van der Waals surface area contributed by atoms with E-state index in [0.717, 1.165) is 37.1 Å². The summed E-state index contributed by atoms with van der Waals surface area (Å²) >= 11 is 0. The Morgan fingerprint density at radius 2 is 2.20 bits per heavy atom. The van der Waals surface area contributed by atoms with Crippen LogP contribution in [0.1, 0.15) is 35.2 Å². The first-order valence-electron chi connectivity index (χ1n) is 6.84. The smallest absolute Gasteiger partial charge is 0.340 e. The van der Waals surface area contributed by atoms with Crippen molar-refractivity contribution in [3.63, 3.8) is 0 Å². The van der Waals surface area contributed by atoms with E-state index in [2.05, 4.69) is 5.32 Å². The zero-order chi connectivity index (χ0) is 14.8. The minimum atomic E-state index is -0.425. The third-order valence-corrected chi connectivity index (χ3v) is 4.06. The van der Waals surface area contributed by atoms with Crippen LogP contribution in [0.4, 0.5) is 11.4 Å². The zero-order valence-electron chi connectivity index (χ0n) is 12.0. The van der Waals surface area contributed by atoms with Gasteiger partial charge in [0.15, 0.2) is 0 Å². The molecule has 2 rings (SSSR count). The molecule has 0 amide bonds. The van der Waals surface area contributed by atoms with Crippen LogP contribution < -0.4 is 11.1 Å². The Morgan fingerprint density at radius 1 is 1.50 bits per heavy atom. The molecule has 1 aromatic carbocycles. The van der Waals surface area contributed by atoms with Gasteiger partial charge in [-0.05, 0) is 49.3 Å². The van der Waals surface area contributed by atoms with Crippen LogP contribution in [0.25, 0.3) is 0 Å². The molecule has 1 fully saturated rings. The molecular weight excluding hydrogens is 256 g/mol. The minimum Gasteiger partial charge on any atom is -0.465 e. The molecule has 0 spiro atoms. The molecule has 20 heavy (non-hydrogen) atoms. The average molecular weight is 278 g/mol. The number of esters is 1. The normalized spacial score (nSPS) is 15.8. The van der Waals surface area contributed by atoms with Crippen LogP contribution >= 0.6 is 0 Å². The van der Waals surface area contributed by atoms with E-state index in [-0.39, 0.29) is 12.0 Å². The summed E-state index contributed by atoms with van der Waals surface area (Å²) in [5.41, 5.74) is 8.69. The van der Waals surface area contributed by atoms with Gasteiger partial charge in [0.1, 0.15) is 0 Å². The SMILES string of the molecule is COC(=O)c1cc(NCC2(CCO)CC2)cc(C)c1N. The molecule has 0 saturated heterocycles. The van der Waals surface area contributed by atoms with Crippen molar-refractivity contribution in [1.82, 2.24) is 0 Å². The van der Waals surface area contributed by atoms with Gasteiger partial charge in [0.05, 0.1) is 12.7 Å². The Morgan fingerprint density at radius 3 is 2.75 bits per heavy atom. The number of aliphatic hydroxyl groups is 1. The predicted molar refractivity (Wildman–Crippen MR) is 78.8 cm³/mol. The minimum absolute atomic E-state index is 0.218. The molecule has 1 saturated carbocycles. The Bertz CT molecular complexity index is 510. The van der Waals surface area contributed by atoms with Crippen molar-refractivity contribution >= 4 is 17.3 Å². The van der Waals surface area contributed by atoms with Gasteiger partial charge in [0, 0.05) is 24.5 Å². The number of carbonyl (C=O) groups excluding carboxylic acids is 1. The summed E-state index contributed by atoms with van der Waals surface area (Å²) in [7, 11) is 1.34. The van der Waals surface area contributed by atoms with Gasteiger partial charge in [-0.3, -0.25) is 0 Å². The van der Waals surface area contributed by atoms with E-state index >= 15 is 0 Å². The number of rotatable bonds is 6. The fraction of sp³-hybridized carbons (Fsp3) is 0.533. The molecular formula is C15H22N2O3. The lowest BCUT2D eigenvalue weighted by Crippen LogP contribution is -2.17. The second kappa shape index (κ2) is 5.71. The Hall–Kier alpha value is -1.75. The molecule has 0 atom stereocenters. The fourth-order valence-electron chi connectivity index (χ4n) is 2.40. The largest absolute Gasteiger partial charge is 0.465 e. The number of nitrogens with two attached hydrogens (primary N) is 1. The quantitative estimate of drug-likeness (QED) is 0.547. The maximum atomic E-state index is 11.7. The molecule has 1 aliphatic rings. The van der Waals surface area contributed by atoms with Gasteiger partial charge in [0.25, 0.3) is 0 Å². The highest BCUT2D eigenvalue weighted by atomic mass is 16.5. The Balaban J connectivity index is 2.12. The molecule has 4 N–H and O–H groups in total. The Kier molecular flexibility index (Phi) is 4.18. The monoisotopic (exact) mass is 278 g/mol. The average Bonchev–Trinajstić information content (AvgIpc) is 3.20. The topological polar surface area (TPSA) is 84.6 Å². The van der Waals surface area contributed by atoms with Gasteiger partial charge in [0.2, 0.25) is 0 Å². The van der Waals surface area contributed by atoms with Gasteiger partial charge in [-0.2, -0.15) is 0 Å². The summed E-state index contributed by atoms with van der Waals surface area (Å²) in [5.74, 6) is -0.425. The highest BCUT2D eigenvalue weighted by Crippen LogP contribution is 2.48. The maximum absolute atomic E-state index is 11.7. The standard InChI is InChI=1S/C15H22N2O3/c1-10-7-11(8-12(13(10)16)14(19)20-2)17-9-15(3-4-15)5-6-18/h7-8,17-18H,3-6,9,16H2,1-2H3. The number of methoxy groups -OCH3 is 1. The number of anilines is 2. The summed E-state index contributed by atoms with van der Waals surface area (Å²) in [5, 5.41) is 12.4. The van der Waals surface area contributed by atoms with Crippen LogP contribution in [-0.4, -0.2) is 31.3 Å². The third-order valence-electron chi connectivity index (χ3n) is 4.06. The predicted octanol–water partition coefficient (Wildman–Crippen LogP) is 1.94. The number of aryl methyl sites for hydroxylation is 1. The van der Waals surface area contributed by atoms with E-state index in [1.807, 2.05) is 13.0 Å². The van der Waals surface area contributed by atoms with Gasteiger partial charge in [-0.15, -0.1) is 0 Å². The van der Waals surface area contributed by atoms with Crippen LogP contribution in [-0.2, 0) is 4.74 Å². The van der Waals surface area contributed by atoms with Crippen LogP contribution in [0.2, 0.25) is 0 Å². The van der Waals surface area contributed by atoms with Crippen molar-refractivity contribution in [2.45, 2.75) is 26.2 Å². The number of nitrogens with one attached hydrogen (secondary N) is 1. The molecule has 0 unspecified atom stereocenters. The van der Waals surface area contributed by atoms with Gasteiger partial charge < -0.3 is 20.9 Å². The second-order valence-electron chi connectivity index (χ2n) is 5.57. The van der Waals surface area contributed by atoms with Crippen molar-refractivity contribution in [3.8, 4) is 0 Å². The van der Waals surface area contributed by atoms with Crippen LogP contribution in [0.15, 0.2) is 12.1 Å². The van der Waals surface area contributed by atoms with E-state index in [1.165, 1.54) is 7.11 Å². The van der Waals surface area contributed by atoms with E-state index < -0.39 is 5.97 Å². The lowest BCUT2D eigenvalue weighted by molar-refractivity contribution is 0.0602. The molecule has 0 radical (unpaired) electrons. The number of benzene rings is 1. The molecule has 0 bridgehead atoms. The number of hydrogen-bond donors (Lipinski definition) is 3. The molecule has 5 heteroatoms. The van der Waals surface area contributed by atoms with Gasteiger partial charge in [-0.25, -0.2) is 4.79 Å². The number of ether oxygens (including phenoxy) is 1. The molecule has 110 valence electrons. The number of hydrogen-bond acceptors (Lipinski definition) is 5. The van der Waals surface area contributed by atoms with E-state index in [0.29, 0.717) is 11.3 Å².